The molecule has 19 heavy (non-hydrogen) atoms. The average molecular weight is 314 g/mol. The first-order chi connectivity index (χ1) is 8.97. The maximum absolute atomic E-state index is 6.07. The van der Waals surface area contributed by atoms with E-state index in [-0.39, 0.29) is 13.2 Å². The van der Waals surface area contributed by atoms with Crippen LogP contribution in [-0.2, 0) is 0 Å². The lowest BCUT2D eigenvalue weighted by molar-refractivity contribution is 1.17. The first-order valence-electron chi connectivity index (χ1n) is 5.70. The molecule has 0 radical (unpaired) electrons. The van der Waals surface area contributed by atoms with Crippen molar-refractivity contribution in [2.45, 2.75) is 6.92 Å². The molecule has 2 aromatic rings. The van der Waals surface area contributed by atoms with E-state index in [0.29, 0.717) is 10.8 Å². The molecular formula is C13H14Cl2N3P. The molecule has 0 saturated heterocycles. The number of benzene rings is 1. The van der Waals surface area contributed by atoms with E-state index >= 15 is 0 Å². The molecule has 2 rings (SSSR count). The van der Waals surface area contributed by atoms with Crippen LogP contribution in [0, 0.1) is 6.92 Å². The van der Waals surface area contributed by atoms with Crippen molar-refractivity contribution in [3.8, 4) is 0 Å². The molecule has 0 atom stereocenters. The third-order valence-electron chi connectivity index (χ3n) is 2.60. The Morgan fingerprint density at radius 2 is 1.95 bits per heavy atom. The van der Waals surface area contributed by atoms with Crippen LogP contribution in [0.5, 0.6) is 0 Å². The minimum Gasteiger partial charge on any atom is -0.338 e. The van der Waals surface area contributed by atoms with Gasteiger partial charge in [-0.25, -0.2) is 4.98 Å². The van der Waals surface area contributed by atoms with E-state index in [0.717, 1.165) is 5.69 Å². The molecule has 1 aromatic heterocycles. The summed E-state index contributed by atoms with van der Waals surface area (Å²) >= 11 is 11.9. The van der Waals surface area contributed by atoms with E-state index in [1.165, 1.54) is 17.1 Å². The number of hydrogen-bond acceptors (Lipinski definition) is 3. The standard InChI is InChI=1S/C13H14Cl2N3P/c1-8-4-5-10(11(6-8)19(2)3)17-12-9(14)7-16-13(15)18-12/h4-7H,1-3H3,(H,16,17,18). The van der Waals surface area contributed by atoms with Crippen molar-refractivity contribution in [1.29, 1.82) is 0 Å². The second kappa shape index (κ2) is 6.04. The minimum absolute atomic E-state index is 0.177. The Hall–Kier alpha value is -0.890. The normalized spacial score (nSPS) is 10.8. The van der Waals surface area contributed by atoms with E-state index < -0.39 is 0 Å². The summed E-state index contributed by atoms with van der Waals surface area (Å²) < 4.78 is 0. The highest BCUT2D eigenvalue weighted by atomic mass is 35.5. The molecule has 6 heteroatoms. The quantitative estimate of drug-likeness (QED) is 0.681. The van der Waals surface area contributed by atoms with Gasteiger partial charge in [0.1, 0.15) is 5.02 Å². The van der Waals surface area contributed by atoms with Crippen LogP contribution in [0.25, 0.3) is 0 Å². The summed E-state index contributed by atoms with van der Waals surface area (Å²) in [6.45, 7) is 6.51. The van der Waals surface area contributed by atoms with Gasteiger partial charge in [-0.05, 0) is 49.3 Å². The highest BCUT2D eigenvalue weighted by molar-refractivity contribution is 7.64. The Morgan fingerprint density at radius 1 is 1.21 bits per heavy atom. The molecule has 1 aromatic carbocycles. The summed E-state index contributed by atoms with van der Waals surface area (Å²) in [7, 11) is -0.228. The summed E-state index contributed by atoms with van der Waals surface area (Å²) in [5.41, 5.74) is 2.25. The molecular weight excluding hydrogens is 300 g/mol. The zero-order valence-electron chi connectivity index (χ0n) is 10.9. The van der Waals surface area contributed by atoms with Gasteiger partial charge in [0.15, 0.2) is 5.82 Å². The molecule has 1 N–H and O–H groups in total. The topological polar surface area (TPSA) is 37.8 Å². The lowest BCUT2D eigenvalue weighted by Gasteiger charge is -2.16. The van der Waals surface area contributed by atoms with Crippen LogP contribution < -0.4 is 10.6 Å². The van der Waals surface area contributed by atoms with E-state index in [1.54, 1.807) is 0 Å². The Kier molecular flexibility index (Phi) is 4.62. The molecule has 0 aliphatic heterocycles. The predicted octanol–water partition coefficient (Wildman–Crippen LogP) is 4.20. The summed E-state index contributed by atoms with van der Waals surface area (Å²) in [6.07, 6.45) is 1.49. The molecule has 0 bridgehead atoms. The molecule has 3 nitrogen and oxygen atoms in total. The minimum atomic E-state index is -0.228. The largest absolute Gasteiger partial charge is 0.338 e. The molecule has 1 heterocycles. The second-order valence-electron chi connectivity index (χ2n) is 4.38. The molecule has 0 aliphatic rings. The van der Waals surface area contributed by atoms with Gasteiger partial charge in [-0.15, -0.1) is 0 Å². The Balaban J connectivity index is 2.40. The third-order valence-corrected chi connectivity index (χ3v) is 4.40. The zero-order chi connectivity index (χ0) is 14.0. The van der Waals surface area contributed by atoms with Crippen molar-refractivity contribution in [1.82, 2.24) is 9.97 Å². The van der Waals surface area contributed by atoms with Crippen LogP contribution in [0.3, 0.4) is 0 Å². The SMILES string of the molecule is Cc1ccc(Nc2nc(Cl)ncc2Cl)c(P(C)C)c1. The monoisotopic (exact) mass is 313 g/mol. The number of hydrogen-bond donors (Lipinski definition) is 1. The fourth-order valence-electron chi connectivity index (χ4n) is 1.68. The molecule has 0 spiro atoms. The van der Waals surface area contributed by atoms with Gasteiger partial charge in [0.25, 0.3) is 0 Å². The molecule has 0 fully saturated rings. The van der Waals surface area contributed by atoms with Crippen molar-refractivity contribution in [2.24, 2.45) is 0 Å². The van der Waals surface area contributed by atoms with E-state index in [1.807, 2.05) is 6.07 Å². The van der Waals surface area contributed by atoms with Gasteiger partial charge < -0.3 is 5.32 Å². The van der Waals surface area contributed by atoms with E-state index in [4.69, 9.17) is 23.2 Å². The molecule has 0 aliphatic carbocycles. The zero-order valence-corrected chi connectivity index (χ0v) is 13.3. The smallest absolute Gasteiger partial charge is 0.224 e. The predicted molar refractivity (Wildman–Crippen MR) is 84.9 cm³/mol. The first-order valence-corrected chi connectivity index (χ1v) is 8.69. The van der Waals surface area contributed by atoms with Crippen LogP contribution in [-0.4, -0.2) is 23.3 Å². The summed E-state index contributed by atoms with van der Waals surface area (Å²) in [5, 5.41) is 5.15. The van der Waals surface area contributed by atoms with Crippen LogP contribution >= 0.6 is 31.1 Å². The van der Waals surface area contributed by atoms with Crippen LogP contribution in [0.4, 0.5) is 11.5 Å². The number of aromatic nitrogens is 2. The molecule has 0 amide bonds. The fourth-order valence-corrected chi connectivity index (χ4v) is 3.02. The summed E-state index contributed by atoms with van der Waals surface area (Å²) in [5.74, 6) is 0.531. The summed E-state index contributed by atoms with van der Waals surface area (Å²) in [6, 6.07) is 6.28. The number of halogens is 2. The number of anilines is 2. The lowest BCUT2D eigenvalue weighted by Crippen LogP contribution is -2.09. The Morgan fingerprint density at radius 3 is 2.63 bits per heavy atom. The number of nitrogens with one attached hydrogen (secondary N) is 1. The van der Waals surface area contributed by atoms with Crippen LogP contribution in [0.2, 0.25) is 10.3 Å². The average Bonchev–Trinajstić information content (AvgIpc) is 2.35. The molecule has 0 saturated carbocycles. The fraction of sp³-hybridized carbons (Fsp3) is 0.231. The van der Waals surface area contributed by atoms with Crippen LogP contribution in [0.15, 0.2) is 24.4 Å². The maximum atomic E-state index is 6.07. The maximum Gasteiger partial charge on any atom is 0.224 e. The highest BCUT2D eigenvalue weighted by Gasteiger charge is 2.10. The van der Waals surface area contributed by atoms with Gasteiger partial charge >= 0.3 is 0 Å². The summed E-state index contributed by atoms with van der Waals surface area (Å²) in [4.78, 5) is 7.95. The van der Waals surface area contributed by atoms with Crippen molar-refractivity contribution in [3.63, 3.8) is 0 Å². The van der Waals surface area contributed by atoms with Crippen molar-refractivity contribution >= 4 is 47.9 Å². The van der Waals surface area contributed by atoms with Gasteiger partial charge in [0.05, 0.1) is 6.20 Å². The number of rotatable bonds is 3. The van der Waals surface area contributed by atoms with E-state index in [2.05, 4.69) is 47.7 Å². The van der Waals surface area contributed by atoms with Gasteiger partial charge in [-0.3, -0.25) is 0 Å². The van der Waals surface area contributed by atoms with Gasteiger partial charge in [0, 0.05) is 5.69 Å². The van der Waals surface area contributed by atoms with Crippen molar-refractivity contribution in [3.05, 3.63) is 40.3 Å². The first kappa shape index (κ1) is 14.5. The van der Waals surface area contributed by atoms with Crippen molar-refractivity contribution < 1.29 is 0 Å². The van der Waals surface area contributed by atoms with Crippen molar-refractivity contribution in [2.75, 3.05) is 18.6 Å². The highest BCUT2D eigenvalue weighted by Crippen LogP contribution is 2.31. The van der Waals surface area contributed by atoms with E-state index in [9.17, 15) is 0 Å². The second-order valence-corrected chi connectivity index (χ2v) is 7.39. The Bertz CT molecular complexity index is 602. The van der Waals surface area contributed by atoms with Gasteiger partial charge in [-0.2, -0.15) is 4.98 Å². The Labute approximate surface area is 124 Å². The molecule has 0 unspecified atom stereocenters. The van der Waals surface area contributed by atoms with Gasteiger partial charge in [0.2, 0.25) is 5.28 Å². The van der Waals surface area contributed by atoms with Gasteiger partial charge in [-0.1, -0.05) is 31.2 Å². The molecule has 100 valence electrons. The number of aryl methyl sites for hydroxylation is 1. The lowest BCUT2D eigenvalue weighted by atomic mass is 10.2. The number of nitrogens with zero attached hydrogens (tertiary/aromatic N) is 2. The van der Waals surface area contributed by atoms with Crippen LogP contribution in [0.1, 0.15) is 5.56 Å². The third kappa shape index (κ3) is 3.56.